The molecule has 4 aromatic rings. The van der Waals surface area contributed by atoms with E-state index in [-0.39, 0.29) is 23.3 Å². The van der Waals surface area contributed by atoms with E-state index in [9.17, 15) is 28.3 Å². The number of imidazole rings is 1. The van der Waals surface area contributed by atoms with Crippen molar-refractivity contribution in [2.45, 2.75) is 47.2 Å². The van der Waals surface area contributed by atoms with Gasteiger partial charge in [0.15, 0.2) is 11.9 Å². The number of benzene rings is 2. The van der Waals surface area contributed by atoms with E-state index >= 15 is 8.78 Å². The highest BCUT2D eigenvalue weighted by Gasteiger charge is 2.33. The summed E-state index contributed by atoms with van der Waals surface area (Å²) in [5, 5.41) is 14.7. The van der Waals surface area contributed by atoms with Crippen molar-refractivity contribution in [3.8, 4) is 0 Å². The first-order chi connectivity index (χ1) is 20.6. The van der Waals surface area contributed by atoms with Gasteiger partial charge in [-0.25, -0.2) is 22.8 Å². The first kappa shape index (κ1) is 32.3. The molecule has 234 valence electrons. The number of halogens is 2. The molecule has 44 heavy (non-hydrogen) atoms. The highest BCUT2D eigenvalue weighted by Crippen LogP contribution is 2.29. The molecule has 1 amide bonds. The summed E-state index contributed by atoms with van der Waals surface area (Å²) in [5.74, 6) is -4.25. The third kappa shape index (κ3) is 6.19. The second kappa shape index (κ2) is 12.5. The van der Waals surface area contributed by atoms with Crippen LogP contribution in [0.5, 0.6) is 0 Å². The van der Waals surface area contributed by atoms with Crippen LogP contribution >= 0.6 is 0 Å². The Kier molecular flexibility index (Phi) is 9.20. The van der Waals surface area contributed by atoms with Crippen molar-refractivity contribution in [1.82, 2.24) is 19.9 Å². The Morgan fingerprint density at radius 3 is 2.32 bits per heavy atom. The first-order valence-corrected chi connectivity index (χ1v) is 14.4. The van der Waals surface area contributed by atoms with E-state index in [2.05, 4.69) is 20.6 Å². The fraction of sp³-hybridized carbons (Fsp3) is 0.310. The minimum absolute atomic E-state index is 0.202. The zero-order chi connectivity index (χ0) is 32.6. The molecule has 2 heterocycles. The van der Waals surface area contributed by atoms with E-state index in [1.807, 2.05) is 6.92 Å². The summed E-state index contributed by atoms with van der Waals surface area (Å²) < 4.78 is 55.0. The molecule has 0 fully saturated rings. The van der Waals surface area contributed by atoms with Crippen LogP contribution in [-0.2, 0) is 29.7 Å². The Morgan fingerprint density at radius 2 is 1.77 bits per heavy atom. The zero-order valence-electron chi connectivity index (χ0n) is 24.8. The van der Waals surface area contributed by atoms with Gasteiger partial charge >= 0.3 is 5.97 Å². The number of pyridine rings is 1. The molecule has 0 bridgehead atoms. The number of carbonyl (C=O) groups excluding carboxylic acids is 1. The average molecular weight is 631 g/mol. The molecule has 15 heteroatoms. The first-order valence-electron chi connectivity index (χ1n) is 13.4. The molecule has 0 spiro atoms. The highest BCUT2D eigenvalue weighted by molar-refractivity contribution is 7.80. The fourth-order valence-electron chi connectivity index (χ4n) is 5.17. The van der Waals surface area contributed by atoms with E-state index in [1.165, 1.54) is 7.05 Å². The van der Waals surface area contributed by atoms with Gasteiger partial charge in [0.1, 0.15) is 11.4 Å². The fourth-order valence-corrected chi connectivity index (χ4v) is 6.00. The lowest BCUT2D eigenvalue weighted by molar-refractivity contribution is -0.138. The monoisotopic (exact) mass is 630 g/mol. The lowest BCUT2D eigenvalue weighted by atomic mass is 10.0. The highest BCUT2D eigenvalue weighted by atomic mass is 32.2. The quantitative estimate of drug-likeness (QED) is 0.166. The van der Waals surface area contributed by atoms with Crippen molar-refractivity contribution in [2.24, 2.45) is 7.05 Å². The van der Waals surface area contributed by atoms with Gasteiger partial charge in [0, 0.05) is 31.0 Å². The number of fused-ring (bicyclic) bond motifs is 1. The van der Waals surface area contributed by atoms with Gasteiger partial charge in [-0.05, 0) is 51.8 Å². The number of carboxylic acids is 1. The van der Waals surface area contributed by atoms with Gasteiger partial charge in [0.2, 0.25) is 11.4 Å². The van der Waals surface area contributed by atoms with Crippen LogP contribution in [0.1, 0.15) is 44.0 Å². The van der Waals surface area contributed by atoms with Crippen molar-refractivity contribution < 1.29 is 32.2 Å². The molecule has 2 aromatic carbocycles. The minimum atomic E-state index is -2.80. The molecular weight excluding hydrogens is 598 g/mol. The van der Waals surface area contributed by atoms with E-state index in [1.54, 1.807) is 39.8 Å². The van der Waals surface area contributed by atoms with E-state index in [0.29, 0.717) is 22.8 Å². The predicted molar refractivity (Wildman–Crippen MR) is 162 cm³/mol. The van der Waals surface area contributed by atoms with Gasteiger partial charge in [-0.3, -0.25) is 18.4 Å². The summed E-state index contributed by atoms with van der Waals surface area (Å²) in [6.45, 7) is 7.75. The number of hydrogen-bond donors (Lipinski definition) is 5. The zero-order valence-corrected chi connectivity index (χ0v) is 25.7. The predicted octanol–water partition coefficient (Wildman–Crippen LogP) is 3.52. The van der Waals surface area contributed by atoms with Crippen LogP contribution in [-0.4, -0.2) is 52.9 Å². The van der Waals surface area contributed by atoms with E-state index < -0.39 is 63.7 Å². The van der Waals surface area contributed by atoms with Crippen molar-refractivity contribution >= 4 is 45.7 Å². The van der Waals surface area contributed by atoms with Crippen LogP contribution in [0.3, 0.4) is 0 Å². The van der Waals surface area contributed by atoms with Gasteiger partial charge in [-0.1, -0.05) is 17.7 Å². The largest absolute Gasteiger partial charge is 0.480 e. The molecule has 0 aliphatic rings. The minimum Gasteiger partial charge on any atom is -0.480 e. The third-order valence-electron chi connectivity index (χ3n) is 7.31. The Labute approximate surface area is 253 Å². The number of H-pyrrole nitrogens is 1. The SMILES string of the molecule is Cc1cc(C)c(N(C(CNC(=O)c2cn(C)c3c(F)c(CNc4nc(C)c(C)[nH]4)c(F)cc3c2=O)C(=O)O)S(=O)O)c(C)c1. The van der Waals surface area contributed by atoms with Gasteiger partial charge in [0.25, 0.3) is 17.2 Å². The standard InChI is InChI=1S/C29H32F2N6O6S/c1-13-7-14(2)24(15(3)8-13)37(44(42)43)22(28(40)41)11-32-27(39)20-12-36(6)25-18(26(20)38)9-21(30)19(23(25)31)10-33-29-34-16(4)17(5)35-29/h7-9,12,22H,10-11H2,1-6H3,(H,32,39)(H,40,41)(H,42,43)(H2,33,34,35). The van der Waals surface area contributed by atoms with Gasteiger partial charge in [-0.2, -0.15) is 0 Å². The molecule has 0 saturated carbocycles. The maximum absolute atomic E-state index is 15.6. The summed E-state index contributed by atoms with van der Waals surface area (Å²) in [4.78, 5) is 45.8. The second-order valence-electron chi connectivity index (χ2n) is 10.5. The maximum atomic E-state index is 15.6. The number of amides is 1. The Morgan fingerprint density at radius 1 is 1.14 bits per heavy atom. The van der Waals surface area contributed by atoms with Crippen LogP contribution in [0.15, 0.2) is 29.2 Å². The average Bonchev–Trinajstić information content (AvgIpc) is 3.24. The Hall–Kier alpha value is -4.63. The maximum Gasteiger partial charge on any atom is 0.329 e. The molecule has 4 rings (SSSR count). The molecule has 0 aliphatic heterocycles. The number of rotatable bonds is 10. The van der Waals surface area contributed by atoms with Crippen LogP contribution < -0.4 is 20.4 Å². The van der Waals surface area contributed by atoms with Crippen molar-refractivity contribution in [2.75, 3.05) is 16.2 Å². The summed E-state index contributed by atoms with van der Waals surface area (Å²) in [6, 6.07) is 2.57. The summed E-state index contributed by atoms with van der Waals surface area (Å²) in [5.41, 5.74) is 1.57. The van der Waals surface area contributed by atoms with Crippen LogP contribution in [0.2, 0.25) is 0 Å². The molecule has 0 saturated heterocycles. The second-order valence-corrected chi connectivity index (χ2v) is 11.4. The number of hydrogen-bond acceptors (Lipinski definition) is 6. The van der Waals surface area contributed by atoms with Crippen molar-refractivity contribution in [3.05, 3.63) is 85.5 Å². The number of aromatic amines is 1. The van der Waals surface area contributed by atoms with Gasteiger partial charge in [0.05, 0.1) is 28.8 Å². The molecule has 0 aliphatic carbocycles. The summed E-state index contributed by atoms with van der Waals surface area (Å²) in [6.07, 6.45) is 1.06. The van der Waals surface area contributed by atoms with E-state index in [0.717, 1.165) is 32.4 Å². The van der Waals surface area contributed by atoms with Gasteiger partial charge in [-0.15, -0.1) is 0 Å². The number of nitrogens with zero attached hydrogens (tertiary/aromatic N) is 3. The number of carboxylic acid groups (broad SMARTS) is 1. The molecule has 5 N–H and O–H groups in total. The van der Waals surface area contributed by atoms with Crippen LogP contribution in [0.25, 0.3) is 10.9 Å². The lowest BCUT2D eigenvalue weighted by Crippen LogP contribution is -2.50. The Balaban J connectivity index is 1.64. The number of nitrogens with one attached hydrogen (secondary N) is 3. The number of aryl methyl sites for hydroxylation is 6. The Bertz CT molecular complexity index is 1850. The molecule has 2 aromatic heterocycles. The topological polar surface area (TPSA) is 170 Å². The van der Waals surface area contributed by atoms with Crippen LogP contribution in [0.4, 0.5) is 20.4 Å². The third-order valence-corrected chi connectivity index (χ3v) is 8.08. The smallest absolute Gasteiger partial charge is 0.329 e. The summed E-state index contributed by atoms with van der Waals surface area (Å²) in [7, 11) is 1.37. The molecular formula is C29H32F2N6O6S. The summed E-state index contributed by atoms with van der Waals surface area (Å²) >= 11 is -2.80. The molecule has 0 radical (unpaired) electrons. The van der Waals surface area contributed by atoms with Crippen molar-refractivity contribution in [3.63, 3.8) is 0 Å². The molecule has 2 unspecified atom stereocenters. The molecule has 2 atom stereocenters. The normalized spacial score (nSPS) is 12.7. The van der Waals surface area contributed by atoms with Gasteiger partial charge < -0.3 is 25.3 Å². The van der Waals surface area contributed by atoms with Crippen molar-refractivity contribution in [1.29, 1.82) is 0 Å². The lowest BCUT2D eigenvalue weighted by Gasteiger charge is -2.30. The van der Waals surface area contributed by atoms with E-state index in [4.69, 9.17) is 0 Å². The number of anilines is 2. The molecule has 12 nitrogen and oxygen atoms in total. The number of aromatic nitrogens is 3. The van der Waals surface area contributed by atoms with Crippen LogP contribution in [0, 0.1) is 46.3 Å². The number of aliphatic carboxylic acids is 1. The number of carbonyl (C=O) groups is 2.